The van der Waals surface area contributed by atoms with Gasteiger partial charge in [0.25, 0.3) is 0 Å². The van der Waals surface area contributed by atoms with Gasteiger partial charge in [0.15, 0.2) is 0 Å². The average Bonchev–Trinajstić information content (AvgIpc) is 2.48. The summed E-state index contributed by atoms with van der Waals surface area (Å²) in [5.41, 5.74) is 2.89. The van der Waals surface area contributed by atoms with E-state index in [0.717, 1.165) is 11.3 Å². The summed E-state index contributed by atoms with van der Waals surface area (Å²) in [6.07, 6.45) is 0. The number of ether oxygens (including phenoxy) is 1. The van der Waals surface area contributed by atoms with Gasteiger partial charge in [-0.1, -0.05) is 13.8 Å². The molecular weight excluding hydrogens is 206 g/mol. The van der Waals surface area contributed by atoms with Crippen molar-refractivity contribution in [2.24, 2.45) is 0 Å². The van der Waals surface area contributed by atoms with Gasteiger partial charge in [-0.3, -0.25) is 4.98 Å². The summed E-state index contributed by atoms with van der Waals surface area (Å²) < 4.78 is 4.64. The second-order valence-electron chi connectivity index (χ2n) is 4.29. The highest BCUT2D eigenvalue weighted by Crippen LogP contribution is 2.30. The van der Waals surface area contributed by atoms with Crippen molar-refractivity contribution in [3.05, 3.63) is 28.1 Å². The van der Waals surface area contributed by atoms with Gasteiger partial charge in [0.2, 0.25) is 0 Å². The molecule has 16 heavy (non-hydrogen) atoms. The summed E-state index contributed by atoms with van der Waals surface area (Å²) in [4.78, 5) is 27.5. The smallest absolute Gasteiger partial charge is 0.348 e. The molecule has 1 aromatic rings. The summed E-state index contributed by atoms with van der Waals surface area (Å²) >= 11 is 0. The Morgan fingerprint density at radius 1 is 1.06 bits per heavy atom. The molecule has 0 saturated heterocycles. The highest BCUT2D eigenvalue weighted by molar-refractivity contribution is 6.16. The zero-order valence-electron chi connectivity index (χ0n) is 9.75. The van der Waals surface area contributed by atoms with Gasteiger partial charge >= 0.3 is 11.9 Å². The van der Waals surface area contributed by atoms with Gasteiger partial charge in [-0.2, -0.15) is 0 Å². The molecule has 1 aliphatic heterocycles. The lowest BCUT2D eigenvalue weighted by molar-refractivity contribution is 0.0443. The number of hydrogen-bond donors (Lipinski definition) is 0. The van der Waals surface area contributed by atoms with Crippen molar-refractivity contribution < 1.29 is 14.3 Å². The van der Waals surface area contributed by atoms with E-state index in [1.54, 1.807) is 6.92 Å². The number of hydrogen-bond acceptors (Lipinski definition) is 4. The summed E-state index contributed by atoms with van der Waals surface area (Å²) in [6, 6.07) is 0. The molecule has 0 unspecified atom stereocenters. The molecule has 0 N–H and O–H groups in total. The quantitative estimate of drug-likeness (QED) is 0.536. The van der Waals surface area contributed by atoms with Crippen LogP contribution < -0.4 is 0 Å². The van der Waals surface area contributed by atoms with Crippen molar-refractivity contribution in [1.82, 2.24) is 4.98 Å². The van der Waals surface area contributed by atoms with Crippen molar-refractivity contribution in [1.29, 1.82) is 0 Å². The van der Waals surface area contributed by atoms with Gasteiger partial charge in [-0.05, 0) is 25.3 Å². The third-order valence-electron chi connectivity index (χ3n) is 2.85. The predicted octanol–water partition coefficient (Wildman–Crippen LogP) is 2.13. The van der Waals surface area contributed by atoms with Crippen LogP contribution >= 0.6 is 0 Å². The maximum absolute atomic E-state index is 11.6. The molecule has 0 saturated carbocycles. The molecule has 1 aromatic heterocycles. The van der Waals surface area contributed by atoms with Crippen molar-refractivity contribution in [3.8, 4) is 0 Å². The first-order valence-electron chi connectivity index (χ1n) is 5.21. The molecule has 0 spiro atoms. The first-order chi connectivity index (χ1) is 7.43. The van der Waals surface area contributed by atoms with Crippen LogP contribution in [0.5, 0.6) is 0 Å². The fourth-order valence-corrected chi connectivity index (χ4v) is 1.88. The molecule has 0 bridgehead atoms. The fourth-order valence-electron chi connectivity index (χ4n) is 1.88. The Bertz CT molecular complexity index is 503. The van der Waals surface area contributed by atoms with Gasteiger partial charge in [0.1, 0.15) is 0 Å². The van der Waals surface area contributed by atoms with Gasteiger partial charge in [0.05, 0.1) is 16.8 Å². The monoisotopic (exact) mass is 219 g/mol. The highest BCUT2D eigenvalue weighted by Gasteiger charge is 2.36. The predicted molar refractivity (Wildman–Crippen MR) is 57.5 cm³/mol. The summed E-state index contributed by atoms with van der Waals surface area (Å²) in [6.45, 7) is 7.49. The van der Waals surface area contributed by atoms with Crippen LogP contribution in [0.4, 0.5) is 0 Å². The molecule has 0 aliphatic carbocycles. The molecule has 0 fully saturated rings. The van der Waals surface area contributed by atoms with E-state index in [1.165, 1.54) is 0 Å². The average molecular weight is 219 g/mol. The molecule has 84 valence electrons. The minimum Gasteiger partial charge on any atom is -0.386 e. The third kappa shape index (κ3) is 1.33. The highest BCUT2D eigenvalue weighted by atomic mass is 16.6. The Morgan fingerprint density at radius 3 is 2.19 bits per heavy atom. The van der Waals surface area contributed by atoms with E-state index in [0.29, 0.717) is 16.8 Å². The first kappa shape index (κ1) is 10.8. The zero-order valence-corrected chi connectivity index (χ0v) is 9.75. The van der Waals surface area contributed by atoms with Crippen molar-refractivity contribution in [3.63, 3.8) is 0 Å². The molecule has 0 radical (unpaired) electrons. The molecule has 1 aliphatic rings. The lowest BCUT2D eigenvalue weighted by atomic mass is 9.96. The standard InChI is InChI=1S/C12H13NO3/c1-5(2)10-9-8(6(3)7(4)13-10)11(14)16-12(9)15/h5H,1-4H3. The van der Waals surface area contributed by atoms with Gasteiger partial charge in [-0.25, -0.2) is 9.59 Å². The maximum atomic E-state index is 11.6. The van der Waals surface area contributed by atoms with E-state index in [9.17, 15) is 9.59 Å². The van der Waals surface area contributed by atoms with Crippen molar-refractivity contribution in [2.45, 2.75) is 33.6 Å². The molecule has 2 rings (SSSR count). The fraction of sp³-hybridized carbons (Fsp3) is 0.417. The maximum Gasteiger partial charge on any atom is 0.348 e. The SMILES string of the molecule is Cc1nc(C(C)C)c2c(c1C)C(=O)OC2=O. The van der Waals surface area contributed by atoms with E-state index in [-0.39, 0.29) is 5.92 Å². The molecule has 0 amide bonds. The molecular formula is C12H13NO3. The van der Waals surface area contributed by atoms with E-state index in [2.05, 4.69) is 9.72 Å². The third-order valence-corrected chi connectivity index (χ3v) is 2.85. The minimum absolute atomic E-state index is 0.0894. The van der Waals surface area contributed by atoms with Gasteiger partial charge < -0.3 is 4.74 Å². The van der Waals surface area contributed by atoms with E-state index in [1.807, 2.05) is 20.8 Å². The molecule has 0 aromatic carbocycles. The van der Waals surface area contributed by atoms with Crippen LogP contribution in [0, 0.1) is 13.8 Å². The summed E-state index contributed by atoms with van der Waals surface area (Å²) in [5.74, 6) is -1.03. The second-order valence-corrected chi connectivity index (χ2v) is 4.29. The van der Waals surface area contributed by atoms with E-state index >= 15 is 0 Å². The number of fused-ring (bicyclic) bond motifs is 1. The molecule has 2 heterocycles. The normalized spacial score (nSPS) is 14.3. The molecule has 4 nitrogen and oxygen atoms in total. The number of cyclic esters (lactones) is 2. The Kier molecular flexibility index (Phi) is 2.30. The van der Waals surface area contributed by atoms with Crippen LogP contribution in [-0.4, -0.2) is 16.9 Å². The minimum atomic E-state index is -0.570. The number of aromatic nitrogens is 1. The van der Waals surface area contributed by atoms with Gasteiger partial charge in [-0.15, -0.1) is 0 Å². The topological polar surface area (TPSA) is 56.3 Å². The number of carbonyl (C=O) groups is 2. The lowest BCUT2D eigenvalue weighted by Gasteiger charge is -2.11. The largest absolute Gasteiger partial charge is 0.386 e. The number of pyridine rings is 1. The number of carbonyl (C=O) groups excluding carboxylic acids is 2. The Hall–Kier alpha value is -1.71. The Morgan fingerprint density at radius 2 is 1.62 bits per heavy atom. The van der Waals surface area contributed by atoms with Crippen LogP contribution in [0.1, 0.15) is 57.4 Å². The van der Waals surface area contributed by atoms with Crippen LogP contribution in [0.2, 0.25) is 0 Å². The number of aryl methyl sites for hydroxylation is 1. The zero-order chi connectivity index (χ0) is 12.0. The second kappa shape index (κ2) is 3.40. The summed E-state index contributed by atoms with van der Waals surface area (Å²) in [7, 11) is 0. The number of nitrogens with zero attached hydrogens (tertiary/aromatic N) is 1. The van der Waals surface area contributed by atoms with Gasteiger partial charge in [0, 0.05) is 5.69 Å². The van der Waals surface area contributed by atoms with Crippen LogP contribution in [-0.2, 0) is 4.74 Å². The van der Waals surface area contributed by atoms with Crippen LogP contribution in [0.15, 0.2) is 0 Å². The van der Waals surface area contributed by atoms with E-state index < -0.39 is 11.9 Å². The summed E-state index contributed by atoms with van der Waals surface area (Å²) in [5, 5.41) is 0. The van der Waals surface area contributed by atoms with Crippen LogP contribution in [0.3, 0.4) is 0 Å². The number of rotatable bonds is 1. The lowest BCUT2D eigenvalue weighted by Crippen LogP contribution is -2.08. The van der Waals surface area contributed by atoms with Crippen molar-refractivity contribution >= 4 is 11.9 Å². The molecule has 0 atom stereocenters. The Balaban J connectivity index is 2.83. The number of esters is 2. The van der Waals surface area contributed by atoms with Crippen molar-refractivity contribution in [2.75, 3.05) is 0 Å². The van der Waals surface area contributed by atoms with E-state index in [4.69, 9.17) is 0 Å². The Labute approximate surface area is 93.6 Å². The first-order valence-corrected chi connectivity index (χ1v) is 5.21. The molecule has 4 heteroatoms. The van der Waals surface area contributed by atoms with Crippen LogP contribution in [0.25, 0.3) is 0 Å².